The van der Waals surface area contributed by atoms with Gasteiger partial charge in [-0.3, -0.25) is 4.98 Å². The van der Waals surface area contributed by atoms with E-state index in [1.165, 1.54) is 11.1 Å². The van der Waals surface area contributed by atoms with Gasteiger partial charge in [-0.25, -0.2) is 4.98 Å². The van der Waals surface area contributed by atoms with Crippen LogP contribution < -0.4 is 0 Å². The lowest BCUT2D eigenvalue weighted by Crippen LogP contribution is -1.89. The zero-order chi connectivity index (χ0) is 17.2. The molecule has 4 rings (SSSR count). The third-order valence-corrected chi connectivity index (χ3v) is 4.43. The van der Waals surface area contributed by atoms with Gasteiger partial charge in [0.2, 0.25) is 0 Å². The minimum Gasteiger partial charge on any atom is -0.336 e. The number of imidazole rings is 1. The van der Waals surface area contributed by atoms with Crippen molar-refractivity contribution in [2.45, 2.75) is 13.8 Å². The highest BCUT2D eigenvalue weighted by atomic mass is 15.0. The Morgan fingerprint density at radius 3 is 2.00 bits per heavy atom. The number of nitrogens with one attached hydrogen (secondary N) is 1. The SMILES string of the molecule is Cc1ccccc1-c1nc(-c2ccccn2)[nH]c1-c1ccccc1C. The minimum absolute atomic E-state index is 0.789. The molecule has 0 aliphatic heterocycles. The van der Waals surface area contributed by atoms with E-state index >= 15 is 0 Å². The number of H-pyrrole nitrogens is 1. The van der Waals surface area contributed by atoms with E-state index in [4.69, 9.17) is 4.98 Å². The molecule has 0 bridgehead atoms. The predicted molar refractivity (Wildman–Crippen MR) is 102 cm³/mol. The normalized spacial score (nSPS) is 10.8. The number of aromatic amines is 1. The summed E-state index contributed by atoms with van der Waals surface area (Å²) in [4.78, 5) is 12.9. The highest BCUT2D eigenvalue weighted by Crippen LogP contribution is 2.35. The molecular weight excluding hydrogens is 306 g/mol. The first-order valence-electron chi connectivity index (χ1n) is 8.37. The Labute approximate surface area is 147 Å². The van der Waals surface area contributed by atoms with Crippen LogP contribution in [0.15, 0.2) is 72.9 Å². The van der Waals surface area contributed by atoms with Gasteiger partial charge < -0.3 is 4.98 Å². The third kappa shape index (κ3) is 2.85. The summed E-state index contributed by atoms with van der Waals surface area (Å²) in [6.45, 7) is 4.24. The molecule has 2 heterocycles. The molecule has 4 aromatic rings. The van der Waals surface area contributed by atoms with E-state index in [-0.39, 0.29) is 0 Å². The van der Waals surface area contributed by atoms with Crippen molar-refractivity contribution in [2.24, 2.45) is 0 Å². The molecule has 0 saturated heterocycles. The fraction of sp³-hybridized carbons (Fsp3) is 0.0909. The second kappa shape index (κ2) is 6.36. The number of hydrogen-bond donors (Lipinski definition) is 1. The van der Waals surface area contributed by atoms with Crippen LogP contribution in [0.4, 0.5) is 0 Å². The van der Waals surface area contributed by atoms with Crippen molar-refractivity contribution in [2.75, 3.05) is 0 Å². The lowest BCUT2D eigenvalue weighted by molar-refractivity contribution is 1.22. The van der Waals surface area contributed by atoms with E-state index in [0.717, 1.165) is 34.0 Å². The number of nitrogens with zero attached hydrogens (tertiary/aromatic N) is 2. The molecule has 0 aliphatic carbocycles. The standard InChI is InChI=1S/C22H19N3/c1-15-9-3-5-11-17(15)20-21(18-12-6-4-10-16(18)2)25-22(24-20)19-13-7-8-14-23-19/h3-14H,1-2H3,(H,24,25). The van der Waals surface area contributed by atoms with Crippen LogP contribution in [-0.2, 0) is 0 Å². The Balaban J connectivity index is 1.97. The van der Waals surface area contributed by atoms with Gasteiger partial charge in [0.05, 0.1) is 11.4 Å². The first kappa shape index (κ1) is 15.3. The van der Waals surface area contributed by atoms with Crippen molar-refractivity contribution in [3.63, 3.8) is 0 Å². The van der Waals surface area contributed by atoms with Crippen LogP contribution in [0.1, 0.15) is 11.1 Å². The lowest BCUT2D eigenvalue weighted by Gasteiger charge is -2.08. The molecule has 0 saturated carbocycles. The molecule has 3 nitrogen and oxygen atoms in total. The van der Waals surface area contributed by atoms with Gasteiger partial charge in [-0.2, -0.15) is 0 Å². The highest BCUT2D eigenvalue weighted by Gasteiger charge is 2.17. The second-order valence-electron chi connectivity index (χ2n) is 6.15. The average Bonchev–Trinajstić information content (AvgIpc) is 3.08. The van der Waals surface area contributed by atoms with E-state index in [2.05, 4.69) is 72.3 Å². The molecule has 2 aromatic heterocycles. The molecule has 0 fully saturated rings. The molecule has 0 radical (unpaired) electrons. The Morgan fingerprint density at radius 2 is 1.36 bits per heavy atom. The highest BCUT2D eigenvalue weighted by molar-refractivity contribution is 5.83. The monoisotopic (exact) mass is 325 g/mol. The Bertz CT molecular complexity index is 953. The van der Waals surface area contributed by atoms with Gasteiger partial charge >= 0.3 is 0 Å². The van der Waals surface area contributed by atoms with E-state index in [1.807, 2.05) is 18.2 Å². The topological polar surface area (TPSA) is 41.6 Å². The fourth-order valence-corrected chi connectivity index (χ4v) is 3.08. The maximum atomic E-state index is 4.91. The van der Waals surface area contributed by atoms with Crippen LogP contribution in [0.25, 0.3) is 34.0 Å². The summed E-state index contributed by atoms with van der Waals surface area (Å²) in [6, 6.07) is 22.6. The summed E-state index contributed by atoms with van der Waals surface area (Å²) in [5.74, 6) is 0.789. The number of aromatic nitrogens is 3. The van der Waals surface area contributed by atoms with Gasteiger partial charge in [0.1, 0.15) is 5.69 Å². The Morgan fingerprint density at radius 1 is 0.720 bits per heavy atom. The molecule has 0 atom stereocenters. The van der Waals surface area contributed by atoms with Gasteiger partial charge in [-0.15, -0.1) is 0 Å². The summed E-state index contributed by atoms with van der Waals surface area (Å²) in [7, 11) is 0. The van der Waals surface area contributed by atoms with E-state index in [1.54, 1.807) is 6.20 Å². The number of rotatable bonds is 3. The van der Waals surface area contributed by atoms with Gasteiger partial charge in [-0.1, -0.05) is 54.6 Å². The molecule has 0 aliphatic rings. The first-order chi connectivity index (χ1) is 12.2. The maximum Gasteiger partial charge on any atom is 0.157 e. The van der Waals surface area contributed by atoms with E-state index < -0.39 is 0 Å². The first-order valence-corrected chi connectivity index (χ1v) is 8.37. The van der Waals surface area contributed by atoms with Crippen LogP contribution in [0.5, 0.6) is 0 Å². The molecular formula is C22H19N3. The summed E-state index contributed by atoms with van der Waals surface area (Å²) in [5, 5.41) is 0. The van der Waals surface area contributed by atoms with Crippen molar-refractivity contribution < 1.29 is 0 Å². The maximum absolute atomic E-state index is 4.91. The van der Waals surface area contributed by atoms with E-state index in [9.17, 15) is 0 Å². The van der Waals surface area contributed by atoms with Gasteiger partial charge in [-0.05, 0) is 37.1 Å². The molecule has 0 amide bonds. The number of aryl methyl sites for hydroxylation is 2. The molecule has 2 aromatic carbocycles. The predicted octanol–water partition coefficient (Wildman–Crippen LogP) is 5.42. The van der Waals surface area contributed by atoms with Crippen LogP contribution in [0.3, 0.4) is 0 Å². The largest absolute Gasteiger partial charge is 0.336 e. The van der Waals surface area contributed by atoms with Gasteiger partial charge in [0.25, 0.3) is 0 Å². The number of benzene rings is 2. The zero-order valence-electron chi connectivity index (χ0n) is 14.3. The van der Waals surface area contributed by atoms with Crippen LogP contribution in [-0.4, -0.2) is 15.0 Å². The van der Waals surface area contributed by atoms with Crippen molar-refractivity contribution in [3.05, 3.63) is 84.1 Å². The quantitative estimate of drug-likeness (QED) is 0.546. The molecule has 1 N–H and O–H groups in total. The summed E-state index contributed by atoms with van der Waals surface area (Å²) >= 11 is 0. The fourth-order valence-electron chi connectivity index (χ4n) is 3.08. The third-order valence-electron chi connectivity index (χ3n) is 4.43. The van der Waals surface area contributed by atoms with Crippen molar-refractivity contribution in [1.82, 2.24) is 15.0 Å². The molecule has 122 valence electrons. The van der Waals surface area contributed by atoms with Crippen LogP contribution in [0.2, 0.25) is 0 Å². The zero-order valence-corrected chi connectivity index (χ0v) is 14.3. The van der Waals surface area contributed by atoms with Crippen molar-refractivity contribution >= 4 is 0 Å². The summed E-state index contributed by atoms with van der Waals surface area (Å²) in [6.07, 6.45) is 1.79. The minimum atomic E-state index is 0.789. The van der Waals surface area contributed by atoms with Crippen molar-refractivity contribution in [3.8, 4) is 34.0 Å². The molecule has 3 heteroatoms. The Kier molecular flexibility index (Phi) is 3.90. The van der Waals surface area contributed by atoms with Crippen LogP contribution in [0, 0.1) is 13.8 Å². The Hall–Kier alpha value is -3.20. The van der Waals surface area contributed by atoms with Gasteiger partial charge in [0, 0.05) is 17.3 Å². The van der Waals surface area contributed by atoms with Crippen LogP contribution >= 0.6 is 0 Å². The van der Waals surface area contributed by atoms with E-state index in [0.29, 0.717) is 0 Å². The summed E-state index contributed by atoms with van der Waals surface area (Å²) in [5.41, 5.74) is 7.57. The lowest BCUT2D eigenvalue weighted by atomic mass is 9.99. The molecule has 0 spiro atoms. The second-order valence-corrected chi connectivity index (χ2v) is 6.15. The van der Waals surface area contributed by atoms with Crippen molar-refractivity contribution in [1.29, 1.82) is 0 Å². The summed E-state index contributed by atoms with van der Waals surface area (Å²) < 4.78 is 0. The smallest absolute Gasteiger partial charge is 0.157 e. The molecule has 0 unspecified atom stereocenters. The number of pyridine rings is 1. The molecule has 25 heavy (non-hydrogen) atoms. The average molecular weight is 325 g/mol. The number of hydrogen-bond acceptors (Lipinski definition) is 2. The van der Waals surface area contributed by atoms with Gasteiger partial charge in [0.15, 0.2) is 5.82 Å².